The second-order valence-corrected chi connectivity index (χ2v) is 7.30. The van der Waals surface area contributed by atoms with Gasteiger partial charge in [-0.15, -0.1) is 0 Å². The van der Waals surface area contributed by atoms with Gasteiger partial charge in [-0.25, -0.2) is 4.98 Å². The van der Waals surface area contributed by atoms with Crippen molar-refractivity contribution in [2.75, 3.05) is 5.73 Å². The van der Waals surface area contributed by atoms with Crippen LogP contribution in [0.15, 0.2) is 82.4 Å². The number of H-pyrrole nitrogens is 1. The third-order valence-electron chi connectivity index (χ3n) is 3.90. The summed E-state index contributed by atoms with van der Waals surface area (Å²) >= 11 is 12.1. The van der Waals surface area contributed by atoms with E-state index in [0.717, 1.165) is 11.1 Å². The van der Waals surface area contributed by atoms with E-state index in [9.17, 15) is 0 Å². The molecule has 0 bridgehead atoms. The van der Waals surface area contributed by atoms with Crippen LogP contribution in [0.4, 0.5) is 5.82 Å². The van der Waals surface area contributed by atoms with Crippen molar-refractivity contribution < 1.29 is 4.74 Å². The Morgan fingerprint density at radius 2 is 1.97 bits per heavy atom. The smallest absolute Gasteiger partial charge is 0.183 e. The summed E-state index contributed by atoms with van der Waals surface area (Å²) in [5.41, 5.74) is 8.41. The summed E-state index contributed by atoms with van der Waals surface area (Å²) < 4.78 is 5.90. The van der Waals surface area contributed by atoms with Gasteiger partial charge in [0.25, 0.3) is 0 Å². The number of aromatic nitrogens is 3. The summed E-state index contributed by atoms with van der Waals surface area (Å²) in [4.78, 5) is 4.16. The Morgan fingerprint density at radius 1 is 1.27 bits per heavy atom. The fourth-order valence-electron chi connectivity index (χ4n) is 2.47. The molecule has 2 aromatic heterocycles. The minimum Gasteiger partial charge on any atom is -0.488 e. The Balaban J connectivity index is 0.00000265. The molecular weight excluding hydrogens is 459 g/mol. The molecule has 0 unspecified atom stereocenters. The summed E-state index contributed by atoms with van der Waals surface area (Å²) in [6.45, 7) is 15.1. The van der Waals surface area contributed by atoms with Crippen molar-refractivity contribution in [3.05, 3.63) is 88.1 Å². The Morgan fingerprint density at radius 3 is 2.55 bits per heavy atom. The van der Waals surface area contributed by atoms with E-state index in [1.165, 1.54) is 0 Å². The molecule has 0 aromatic carbocycles. The van der Waals surface area contributed by atoms with Gasteiger partial charge in [0.05, 0.1) is 22.5 Å². The molecule has 174 valence electrons. The van der Waals surface area contributed by atoms with Gasteiger partial charge in [0.2, 0.25) is 0 Å². The molecule has 0 aliphatic rings. The molecule has 0 radical (unpaired) electrons. The van der Waals surface area contributed by atoms with E-state index in [1.54, 1.807) is 37.3 Å². The number of aromatic amines is 1. The molecule has 33 heavy (non-hydrogen) atoms. The van der Waals surface area contributed by atoms with Crippen molar-refractivity contribution in [3.63, 3.8) is 0 Å². The molecule has 0 fully saturated rings. The lowest BCUT2D eigenvalue weighted by Crippen LogP contribution is -2.13. The fourth-order valence-corrected chi connectivity index (χ4v) is 2.69. The first kappa shape index (κ1) is 27.6. The topological polar surface area (TPSA) is 113 Å². The van der Waals surface area contributed by atoms with Gasteiger partial charge in [0, 0.05) is 27.8 Å². The van der Waals surface area contributed by atoms with Gasteiger partial charge in [-0.3, -0.25) is 5.10 Å². The summed E-state index contributed by atoms with van der Waals surface area (Å²) in [6.07, 6.45) is 6.65. The van der Waals surface area contributed by atoms with Crippen LogP contribution >= 0.6 is 23.2 Å². The molecule has 2 heterocycles. The summed E-state index contributed by atoms with van der Waals surface area (Å²) in [5.74, 6) is 0.921. The summed E-state index contributed by atoms with van der Waals surface area (Å²) in [5, 5.41) is 20.5. The number of halogens is 2. The molecule has 0 saturated carbocycles. The van der Waals surface area contributed by atoms with Crippen molar-refractivity contribution >= 4 is 40.1 Å². The number of allylic oxidation sites excluding steroid dienone is 7. The molecule has 0 amide bonds. The number of anilines is 1. The van der Waals surface area contributed by atoms with Crippen molar-refractivity contribution in [1.82, 2.24) is 20.5 Å². The molecule has 2 rings (SSSR count). The van der Waals surface area contributed by atoms with Crippen molar-refractivity contribution in [1.29, 1.82) is 5.26 Å². The standard InChI is InChI=1S/C22H22Cl2N6O.C2H6/c1-5-17(31-12-20-18-6-7-21(26)28-22(18)30-29-20)10-19(15(4)24)27-16(9-14(3)23)8-13(2)11-25;1-2/h5-10,27H,3-4,12H2,1-2H3,(H3,26,28,29,30);1-2H3/b13-8+,16-9+,17-5+,19-10+;. The maximum atomic E-state index is 9.06. The number of nitrogens with two attached hydrogens (primary N) is 1. The zero-order valence-electron chi connectivity index (χ0n) is 19.2. The fraction of sp³-hybridized carbons (Fsp3) is 0.208. The molecular formula is C24H28Cl2N6O. The zero-order valence-corrected chi connectivity index (χ0v) is 20.7. The highest BCUT2D eigenvalue weighted by Crippen LogP contribution is 2.20. The highest BCUT2D eigenvalue weighted by molar-refractivity contribution is 6.31. The van der Waals surface area contributed by atoms with Crippen LogP contribution in [0.25, 0.3) is 11.0 Å². The predicted octanol–water partition coefficient (Wildman–Crippen LogP) is 6.32. The number of nitrogens with zero attached hydrogens (tertiary/aromatic N) is 3. The number of hydrogen-bond donors (Lipinski definition) is 3. The number of rotatable bonds is 9. The molecule has 0 aliphatic carbocycles. The third kappa shape index (κ3) is 8.89. The monoisotopic (exact) mass is 486 g/mol. The SMILES string of the molecule is C=C(Cl)/C=C(\C=C(/C)C#N)N/C(=C/C(=C\C)OCc1[nH]nc2nc(N)ccc12)C(=C)Cl.CC. The van der Waals surface area contributed by atoms with Crippen LogP contribution < -0.4 is 11.1 Å². The van der Waals surface area contributed by atoms with Gasteiger partial charge in [-0.1, -0.05) is 50.2 Å². The number of fused-ring (bicyclic) bond motifs is 1. The molecule has 7 nitrogen and oxygen atoms in total. The van der Waals surface area contributed by atoms with Crippen LogP contribution in [-0.2, 0) is 11.3 Å². The molecule has 2 aromatic rings. The maximum absolute atomic E-state index is 9.06. The van der Waals surface area contributed by atoms with E-state index in [1.807, 2.05) is 26.8 Å². The van der Waals surface area contributed by atoms with E-state index in [-0.39, 0.29) is 16.7 Å². The van der Waals surface area contributed by atoms with Crippen LogP contribution in [0.1, 0.15) is 33.4 Å². The van der Waals surface area contributed by atoms with E-state index in [2.05, 4.69) is 39.7 Å². The highest BCUT2D eigenvalue weighted by Gasteiger charge is 2.09. The van der Waals surface area contributed by atoms with Crippen LogP contribution in [0.3, 0.4) is 0 Å². The lowest BCUT2D eigenvalue weighted by molar-refractivity contribution is 0.207. The Kier molecular flexibility index (Phi) is 11.6. The highest BCUT2D eigenvalue weighted by atomic mass is 35.5. The molecule has 0 saturated heterocycles. The molecule has 4 N–H and O–H groups in total. The van der Waals surface area contributed by atoms with Gasteiger partial charge in [0.1, 0.15) is 18.2 Å². The number of pyridine rings is 1. The first-order valence-corrected chi connectivity index (χ1v) is 10.9. The number of nitrogens with one attached hydrogen (secondary N) is 2. The second-order valence-electron chi connectivity index (χ2n) is 6.36. The first-order valence-electron chi connectivity index (χ1n) is 10.1. The first-order chi connectivity index (χ1) is 15.7. The largest absolute Gasteiger partial charge is 0.488 e. The van der Waals surface area contributed by atoms with Crippen LogP contribution in [-0.4, -0.2) is 15.2 Å². The lowest BCUT2D eigenvalue weighted by Gasteiger charge is -2.13. The van der Waals surface area contributed by atoms with Gasteiger partial charge < -0.3 is 15.8 Å². The minimum atomic E-state index is 0.217. The van der Waals surface area contributed by atoms with Crippen molar-refractivity contribution in [2.45, 2.75) is 34.3 Å². The second kappa shape index (κ2) is 13.8. The zero-order chi connectivity index (χ0) is 25.0. The average Bonchev–Trinajstić information content (AvgIpc) is 3.18. The molecule has 0 aliphatic heterocycles. The normalized spacial score (nSPS) is 12.5. The van der Waals surface area contributed by atoms with Crippen molar-refractivity contribution in [2.24, 2.45) is 0 Å². The third-order valence-corrected chi connectivity index (χ3v) is 4.22. The van der Waals surface area contributed by atoms with E-state index in [4.69, 9.17) is 38.9 Å². The average molecular weight is 487 g/mol. The summed E-state index contributed by atoms with van der Waals surface area (Å²) in [7, 11) is 0. The van der Waals surface area contributed by atoms with Crippen LogP contribution in [0, 0.1) is 11.3 Å². The number of nitrogen functional groups attached to an aromatic ring is 1. The van der Waals surface area contributed by atoms with Gasteiger partial charge >= 0.3 is 0 Å². The number of hydrogen-bond acceptors (Lipinski definition) is 6. The van der Waals surface area contributed by atoms with Crippen molar-refractivity contribution in [3.8, 4) is 6.07 Å². The predicted molar refractivity (Wildman–Crippen MR) is 137 cm³/mol. The molecule has 0 spiro atoms. The van der Waals surface area contributed by atoms with Crippen LogP contribution in [0.2, 0.25) is 0 Å². The van der Waals surface area contributed by atoms with Gasteiger partial charge in [-0.2, -0.15) is 10.4 Å². The lowest BCUT2D eigenvalue weighted by atomic mass is 10.2. The quantitative estimate of drug-likeness (QED) is 0.217. The maximum Gasteiger partial charge on any atom is 0.183 e. The number of nitriles is 1. The van der Waals surface area contributed by atoms with Gasteiger partial charge in [0.15, 0.2) is 5.65 Å². The number of ether oxygens (including phenoxy) is 1. The Bertz CT molecular complexity index is 1170. The Labute approximate surface area is 204 Å². The van der Waals surface area contributed by atoms with Crippen LogP contribution in [0.5, 0.6) is 0 Å². The van der Waals surface area contributed by atoms with E-state index >= 15 is 0 Å². The molecule has 9 heteroatoms. The van der Waals surface area contributed by atoms with E-state index in [0.29, 0.717) is 34.2 Å². The molecule has 0 atom stereocenters. The summed E-state index contributed by atoms with van der Waals surface area (Å²) in [6, 6.07) is 5.58. The Hall–Kier alpha value is -3.47. The van der Waals surface area contributed by atoms with E-state index < -0.39 is 0 Å². The minimum absolute atomic E-state index is 0.217. The van der Waals surface area contributed by atoms with Gasteiger partial charge in [-0.05, 0) is 44.2 Å².